The van der Waals surface area contributed by atoms with E-state index in [1.54, 1.807) is 6.20 Å². The number of anilines is 3. The number of benzene rings is 1. The SMILES string of the molecule is CCc1cccc(CC)c1Nc1ccc(NC(=O)C(C)C)cn1. The van der Waals surface area contributed by atoms with Gasteiger partial charge in [-0.1, -0.05) is 45.9 Å². The second-order valence-corrected chi connectivity index (χ2v) is 5.86. The monoisotopic (exact) mass is 311 g/mol. The van der Waals surface area contributed by atoms with Crippen molar-refractivity contribution < 1.29 is 4.79 Å². The van der Waals surface area contributed by atoms with E-state index in [0.717, 1.165) is 24.3 Å². The first-order chi connectivity index (χ1) is 11.0. The Labute approximate surface area is 138 Å². The molecule has 0 spiro atoms. The fourth-order valence-electron chi connectivity index (χ4n) is 2.36. The molecule has 0 unspecified atom stereocenters. The maximum Gasteiger partial charge on any atom is 0.226 e. The molecule has 2 aromatic rings. The summed E-state index contributed by atoms with van der Waals surface area (Å²) in [4.78, 5) is 16.1. The van der Waals surface area contributed by atoms with Gasteiger partial charge in [0.15, 0.2) is 0 Å². The minimum atomic E-state index is -0.0451. The molecule has 0 saturated carbocycles. The highest BCUT2D eigenvalue weighted by atomic mass is 16.1. The van der Waals surface area contributed by atoms with Gasteiger partial charge in [0.1, 0.15) is 5.82 Å². The summed E-state index contributed by atoms with van der Waals surface area (Å²) in [6.07, 6.45) is 3.63. The van der Waals surface area contributed by atoms with Crippen molar-refractivity contribution in [3.63, 3.8) is 0 Å². The van der Waals surface area contributed by atoms with Crippen molar-refractivity contribution in [3.8, 4) is 0 Å². The molecular weight excluding hydrogens is 286 g/mol. The molecule has 0 radical (unpaired) electrons. The quantitative estimate of drug-likeness (QED) is 0.823. The molecule has 4 nitrogen and oxygen atoms in total. The second-order valence-electron chi connectivity index (χ2n) is 5.86. The van der Waals surface area contributed by atoms with Gasteiger partial charge in [-0.3, -0.25) is 4.79 Å². The molecule has 1 aromatic heterocycles. The number of para-hydroxylation sites is 1. The van der Waals surface area contributed by atoms with Crippen LogP contribution >= 0.6 is 0 Å². The van der Waals surface area contributed by atoms with Crippen LogP contribution in [0.15, 0.2) is 36.5 Å². The largest absolute Gasteiger partial charge is 0.340 e. The van der Waals surface area contributed by atoms with E-state index >= 15 is 0 Å². The highest BCUT2D eigenvalue weighted by molar-refractivity contribution is 5.92. The lowest BCUT2D eigenvalue weighted by atomic mass is 10.0. The average molecular weight is 311 g/mol. The topological polar surface area (TPSA) is 54.0 Å². The molecule has 1 amide bonds. The van der Waals surface area contributed by atoms with Crippen LogP contribution in [0.25, 0.3) is 0 Å². The predicted molar refractivity (Wildman–Crippen MR) is 96.2 cm³/mol. The maximum absolute atomic E-state index is 11.7. The summed E-state index contributed by atoms with van der Waals surface area (Å²) in [5.74, 6) is 0.733. The highest BCUT2D eigenvalue weighted by Crippen LogP contribution is 2.26. The Kier molecular flexibility index (Phi) is 5.74. The first-order valence-electron chi connectivity index (χ1n) is 8.19. The van der Waals surface area contributed by atoms with Crippen molar-refractivity contribution in [1.29, 1.82) is 0 Å². The van der Waals surface area contributed by atoms with E-state index in [-0.39, 0.29) is 11.8 Å². The van der Waals surface area contributed by atoms with Gasteiger partial charge in [-0.15, -0.1) is 0 Å². The number of nitrogens with zero attached hydrogens (tertiary/aromatic N) is 1. The second kappa shape index (κ2) is 7.77. The smallest absolute Gasteiger partial charge is 0.226 e. The Morgan fingerprint density at radius 3 is 2.22 bits per heavy atom. The van der Waals surface area contributed by atoms with Crippen LogP contribution in [0, 0.1) is 5.92 Å². The molecule has 122 valence electrons. The Hall–Kier alpha value is -2.36. The van der Waals surface area contributed by atoms with E-state index in [4.69, 9.17) is 0 Å². The number of aromatic nitrogens is 1. The normalized spacial score (nSPS) is 10.7. The number of rotatable bonds is 6. The third-order valence-electron chi connectivity index (χ3n) is 3.81. The summed E-state index contributed by atoms with van der Waals surface area (Å²) in [5, 5.41) is 6.27. The fourth-order valence-corrected chi connectivity index (χ4v) is 2.36. The summed E-state index contributed by atoms with van der Waals surface area (Å²) < 4.78 is 0. The summed E-state index contributed by atoms with van der Waals surface area (Å²) in [6, 6.07) is 10.1. The minimum Gasteiger partial charge on any atom is -0.340 e. The Bertz CT molecular complexity index is 641. The number of amides is 1. The maximum atomic E-state index is 11.7. The van der Waals surface area contributed by atoms with Crippen LogP contribution in [-0.4, -0.2) is 10.9 Å². The standard InChI is InChI=1S/C19H25N3O/c1-5-14-8-7-9-15(6-2)18(14)22-17-11-10-16(12-20-17)21-19(23)13(3)4/h7-13H,5-6H2,1-4H3,(H,20,22)(H,21,23). The van der Waals surface area contributed by atoms with Gasteiger partial charge in [-0.2, -0.15) is 0 Å². The number of carbonyl (C=O) groups excluding carboxylic acids is 1. The van der Waals surface area contributed by atoms with Crippen LogP contribution < -0.4 is 10.6 Å². The molecule has 1 aromatic carbocycles. The molecule has 23 heavy (non-hydrogen) atoms. The Morgan fingerprint density at radius 2 is 1.74 bits per heavy atom. The minimum absolute atomic E-state index is 0.00268. The van der Waals surface area contributed by atoms with Gasteiger partial charge >= 0.3 is 0 Å². The van der Waals surface area contributed by atoms with Crippen LogP contribution in [0.1, 0.15) is 38.8 Å². The summed E-state index contributed by atoms with van der Waals surface area (Å²) >= 11 is 0. The molecule has 2 rings (SSSR count). The average Bonchev–Trinajstić information content (AvgIpc) is 2.56. The van der Waals surface area contributed by atoms with Gasteiger partial charge in [0.25, 0.3) is 0 Å². The van der Waals surface area contributed by atoms with Gasteiger partial charge in [0.05, 0.1) is 11.9 Å². The molecule has 2 N–H and O–H groups in total. The van der Waals surface area contributed by atoms with Gasteiger partial charge in [0, 0.05) is 11.6 Å². The van der Waals surface area contributed by atoms with Crippen LogP contribution in [0.3, 0.4) is 0 Å². The molecule has 0 fully saturated rings. The number of nitrogens with one attached hydrogen (secondary N) is 2. The van der Waals surface area contributed by atoms with Crippen LogP contribution in [0.5, 0.6) is 0 Å². The van der Waals surface area contributed by atoms with Gasteiger partial charge in [-0.05, 0) is 36.1 Å². The number of hydrogen-bond donors (Lipinski definition) is 2. The molecule has 0 aliphatic rings. The lowest BCUT2D eigenvalue weighted by molar-refractivity contribution is -0.118. The van der Waals surface area contributed by atoms with E-state index < -0.39 is 0 Å². The van der Waals surface area contributed by atoms with Crippen molar-refractivity contribution in [2.75, 3.05) is 10.6 Å². The third kappa shape index (κ3) is 4.31. The van der Waals surface area contributed by atoms with Crippen molar-refractivity contribution in [2.45, 2.75) is 40.5 Å². The molecule has 4 heteroatoms. The van der Waals surface area contributed by atoms with E-state index in [1.165, 1.54) is 11.1 Å². The number of aryl methyl sites for hydroxylation is 2. The molecule has 1 heterocycles. The zero-order valence-corrected chi connectivity index (χ0v) is 14.3. The van der Waals surface area contributed by atoms with E-state index in [9.17, 15) is 4.79 Å². The zero-order chi connectivity index (χ0) is 16.8. The summed E-state index contributed by atoms with van der Waals surface area (Å²) in [5.41, 5.74) is 4.42. The molecule has 0 bridgehead atoms. The first kappa shape index (κ1) is 17.0. The molecule has 0 aliphatic heterocycles. The van der Waals surface area contributed by atoms with E-state index in [1.807, 2.05) is 26.0 Å². The van der Waals surface area contributed by atoms with Crippen molar-refractivity contribution in [2.24, 2.45) is 5.92 Å². The van der Waals surface area contributed by atoms with Crippen molar-refractivity contribution in [3.05, 3.63) is 47.7 Å². The fraction of sp³-hybridized carbons (Fsp3) is 0.368. The third-order valence-corrected chi connectivity index (χ3v) is 3.81. The van der Waals surface area contributed by atoms with E-state index in [0.29, 0.717) is 5.69 Å². The van der Waals surface area contributed by atoms with Crippen molar-refractivity contribution >= 4 is 23.1 Å². The first-order valence-corrected chi connectivity index (χ1v) is 8.19. The molecule has 0 atom stereocenters. The predicted octanol–water partition coefficient (Wildman–Crippen LogP) is 4.54. The van der Waals surface area contributed by atoms with Gasteiger partial charge < -0.3 is 10.6 Å². The molecule has 0 aliphatic carbocycles. The number of carbonyl (C=O) groups is 1. The van der Waals surface area contributed by atoms with Crippen molar-refractivity contribution in [1.82, 2.24) is 4.98 Å². The van der Waals surface area contributed by atoms with Crippen LogP contribution in [0.4, 0.5) is 17.2 Å². The van der Waals surface area contributed by atoms with Gasteiger partial charge in [-0.25, -0.2) is 4.98 Å². The number of hydrogen-bond acceptors (Lipinski definition) is 3. The van der Waals surface area contributed by atoms with Crippen LogP contribution in [0.2, 0.25) is 0 Å². The molecular formula is C19H25N3O. The van der Waals surface area contributed by atoms with E-state index in [2.05, 4.69) is 47.7 Å². The van der Waals surface area contributed by atoms with Crippen LogP contribution in [-0.2, 0) is 17.6 Å². The summed E-state index contributed by atoms with van der Waals surface area (Å²) in [7, 11) is 0. The summed E-state index contributed by atoms with van der Waals surface area (Å²) in [6.45, 7) is 8.04. The Balaban J connectivity index is 2.17. The highest BCUT2D eigenvalue weighted by Gasteiger charge is 2.09. The molecule has 0 saturated heterocycles. The lowest BCUT2D eigenvalue weighted by Crippen LogP contribution is -2.17. The zero-order valence-electron chi connectivity index (χ0n) is 14.3. The van der Waals surface area contributed by atoms with Gasteiger partial charge in [0.2, 0.25) is 5.91 Å². The number of pyridine rings is 1. The lowest BCUT2D eigenvalue weighted by Gasteiger charge is -2.15. The Morgan fingerprint density at radius 1 is 1.09 bits per heavy atom.